The maximum Gasteiger partial charge on any atom is 0.411 e. The van der Waals surface area contributed by atoms with Gasteiger partial charge in [-0.3, -0.25) is 15.0 Å². The molecule has 0 heterocycles. The van der Waals surface area contributed by atoms with Crippen LogP contribution in [0.2, 0.25) is 0 Å². The van der Waals surface area contributed by atoms with E-state index in [1.807, 2.05) is 0 Å². The van der Waals surface area contributed by atoms with Gasteiger partial charge in [0, 0.05) is 24.7 Å². The van der Waals surface area contributed by atoms with Crippen LogP contribution in [0.25, 0.3) is 0 Å². The number of benzene rings is 1. The molecule has 0 aliphatic rings. The van der Waals surface area contributed by atoms with E-state index < -0.39 is 22.2 Å². The van der Waals surface area contributed by atoms with Gasteiger partial charge in [0.05, 0.1) is 12.0 Å². The van der Waals surface area contributed by atoms with Crippen LogP contribution in [0.1, 0.15) is 33.3 Å². The molecule has 132 valence electrons. The van der Waals surface area contributed by atoms with Crippen LogP contribution in [0.15, 0.2) is 18.2 Å². The van der Waals surface area contributed by atoms with Crippen molar-refractivity contribution in [3.8, 4) is 5.75 Å². The summed E-state index contributed by atoms with van der Waals surface area (Å²) in [6, 6.07) is 3.87. The number of carbonyl (C=O) groups is 2. The number of aldehydes is 1. The number of nitrogens with zero attached hydrogens (tertiary/aromatic N) is 2. The number of hydrogen-bond donors (Lipinski definition) is 0. The molecule has 1 rings (SSSR count). The summed E-state index contributed by atoms with van der Waals surface area (Å²) in [6.07, 6.45) is -0.205. The predicted octanol–water partition coefficient (Wildman–Crippen LogP) is 2.88. The molecule has 1 unspecified atom stereocenters. The van der Waals surface area contributed by atoms with E-state index in [0.29, 0.717) is 6.29 Å². The van der Waals surface area contributed by atoms with Gasteiger partial charge in [0.25, 0.3) is 5.69 Å². The Labute approximate surface area is 140 Å². The Balaban J connectivity index is 3.41. The van der Waals surface area contributed by atoms with Crippen LogP contribution in [0.5, 0.6) is 5.75 Å². The van der Waals surface area contributed by atoms with Crippen LogP contribution in [0.3, 0.4) is 0 Å². The molecule has 0 N–H and O–H groups in total. The Morgan fingerprint density at radius 1 is 1.29 bits per heavy atom. The summed E-state index contributed by atoms with van der Waals surface area (Å²) in [5, 5.41) is 11.0. The van der Waals surface area contributed by atoms with Crippen molar-refractivity contribution in [1.29, 1.82) is 0 Å². The Kier molecular flexibility index (Phi) is 5.54. The van der Waals surface area contributed by atoms with E-state index in [2.05, 4.69) is 0 Å². The highest BCUT2D eigenvalue weighted by Crippen LogP contribution is 2.36. The van der Waals surface area contributed by atoms with Crippen molar-refractivity contribution < 1.29 is 24.0 Å². The lowest BCUT2D eigenvalue weighted by Crippen LogP contribution is -2.48. The lowest BCUT2D eigenvalue weighted by molar-refractivity contribution is -0.385. The topological polar surface area (TPSA) is 99.0 Å². The second kappa shape index (κ2) is 6.86. The molecular formula is C16H22N2O6. The monoisotopic (exact) mass is 338 g/mol. The molecule has 0 aromatic heterocycles. The van der Waals surface area contributed by atoms with E-state index in [0.717, 1.165) is 4.90 Å². The SMILES string of the molecule is COc1ccc([N+](=O)[O-])cc1C(C)(C=O)N(C)C(=O)OC(C)(C)C. The second-order valence-electron chi connectivity index (χ2n) is 6.45. The molecule has 1 atom stereocenters. The van der Waals surface area contributed by atoms with Crippen molar-refractivity contribution in [1.82, 2.24) is 4.90 Å². The number of carbonyl (C=O) groups excluding carboxylic acids is 2. The zero-order valence-electron chi connectivity index (χ0n) is 14.7. The van der Waals surface area contributed by atoms with Gasteiger partial charge < -0.3 is 14.3 Å². The van der Waals surface area contributed by atoms with E-state index in [4.69, 9.17) is 9.47 Å². The van der Waals surface area contributed by atoms with Gasteiger partial charge in [-0.2, -0.15) is 0 Å². The van der Waals surface area contributed by atoms with E-state index >= 15 is 0 Å². The van der Waals surface area contributed by atoms with Crippen molar-refractivity contribution in [2.75, 3.05) is 14.2 Å². The van der Waals surface area contributed by atoms with Gasteiger partial charge in [-0.1, -0.05) is 0 Å². The highest BCUT2D eigenvalue weighted by Gasteiger charge is 2.39. The first-order valence-corrected chi connectivity index (χ1v) is 7.22. The fourth-order valence-electron chi connectivity index (χ4n) is 2.05. The summed E-state index contributed by atoms with van der Waals surface area (Å²) in [5.74, 6) is 0.255. The number of hydrogen-bond acceptors (Lipinski definition) is 6. The van der Waals surface area contributed by atoms with Gasteiger partial charge in [0.15, 0.2) is 0 Å². The van der Waals surface area contributed by atoms with E-state index in [1.165, 1.54) is 39.3 Å². The van der Waals surface area contributed by atoms with E-state index in [1.54, 1.807) is 20.8 Å². The summed E-state index contributed by atoms with van der Waals surface area (Å²) in [6.45, 7) is 6.56. The molecule has 8 nitrogen and oxygen atoms in total. The number of likely N-dealkylation sites (N-methyl/N-ethyl adjacent to an activating group) is 1. The smallest absolute Gasteiger partial charge is 0.411 e. The maximum atomic E-state index is 12.3. The summed E-state index contributed by atoms with van der Waals surface area (Å²) >= 11 is 0. The van der Waals surface area contributed by atoms with Crippen molar-refractivity contribution in [3.05, 3.63) is 33.9 Å². The fourth-order valence-corrected chi connectivity index (χ4v) is 2.05. The molecular weight excluding hydrogens is 316 g/mol. The lowest BCUT2D eigenvalue weighted by Gasteiger charge is -2.36. The van der Waals surface area contributed by atoms with E-state index in [9.17, 15) is 19.7 Å². The highest BCUT2D eigenvalue weighted by atomic mass is 16.6. The summed E-state index contributed by atoms with van der Waals surface area (Å²) in [7, 11) is 2.77. The second-order valence-corrected chi connectivity index (χ2v) is 6.45. The highest BCUT2D eigenvalue weighted by molar-refractivity contribution is 5.79. The number of nitro benzene ring substituents is 1. The molecule has 0 fully saturated rings. The average Bonchev–Trinajstić information content (AvgIpc) is 2.50. The Bertz CT molecular complexity index is 652. The number of rotatable bonds is 5. The third-order valence-corrected chi connectivity index (χ3v) is 3.53. The average molecular weight is 338 g/mol. The van der Waals surface area contributed by atoms with Crippen LogP contribution in [-0.4, -0.2) is 42.0 Å². The minimum Gasteiger partial charge on any atom is -0.496 e. The standard InChI is InChI=1S/C16H22N2O6/c1-15(2,3)24-14(20)17(5)16(4,10-19)12-9-11(18(21)22)7-8-13(12)23-6/h7-10H,1-6H3. The largest absolute Gasteiger partial charge is 0.496 e. The molecule has 0 saturated carbocycles. The van der Waals surface area contributed by atoms with Gasteiger partial charge in [-0.15, -0.1) is 0 Å². The van der Waals surface area contributed by atoms with E-state index in [-0.39, 0.29) is 17.0 Å². The van der Waals surface area contributed by atoms with Crippen molar-refractivity contribution in [2.45, 2.75) is 38.8 Å². The summed E-state index contributed by atoms with van der Waals surface area (Å²) in [4.78, 5) is 35.7. The molecule has 1 aromatic carbocycles. The summed E-state index contributed by atoms with van der Waals surface area (Å²) in [5.41, 5.74) is -2.26. The first-order chi connectivity index (χ1) is 11.0. The first-order valence-electron chi connectivity index (χ1n) is 7.22. The molecule has 0 radical (unpaired) electrons. The maximum absolute atomic E-state index is 12.3. The number of methoxy groups -OCH3 is 1. The number of non-ortho nitro benzene ring substituents is 1. The molecule has 1 aromatic rings. The summed E-state index contributed by atoms with van der Waals surface area (Å²) < 4.78 is 10.5. The molecule has 0 aliphatic heterocycles. The molecule has 1 amide bonds. The molecule has 0 aliphatic carbocycles. The van der Waals surface area contributed by atoms with Crippen molar-refractivity contribution >= 4 is 18.1 Å². The van der Waals surface area contributed by atoms with Crippen molar-refractivity contribution in [2.24, 2.45) is 0 Å². The van der Waals surface area contributed by atoms with Crippen LogP contribution < -0.4 is 4.74 Å². The van der Waals surface area contributed by atoms with Crippen molar-refractivity contribution in [3.63, 3.8) is 0 Å². The Morgan fingerprint density at radius 2 is 1.88 bits per heavy atom. The van der Waals surface area contributed by atoms with Gasteiger partial charge >= 0.3 is 6.09 Å². The number of nitro groups is 1. The fraction of sp³-hybridized carbons (Fsp3) is 0.500. The minimum atomic E-state index is -1.50. The van der Waals surface area contributed by atoms with Crippen LogP contribution in [0, 0.1) is 10.1 Å². The van der Waals surface area contributed by atoms with Gasteiger partial charge in [-0.25, -0.2) is 4.79 Å². The normalized spacial score (nSPS) is 13.6. The molecule has 8 heteroatoms. The third-order valence-electron chi connectivity index (χ3n) is 3.53. The third kappa shape index (κ3) is 4.01. The van der Waals surface area contributed by atoms with Gasteiger partial charge in [0.1, 0.15) is 23.2 Å². The Hall–Kier alpha value is -2.64. The molecule has 24 heavy (non-hydrogen) atoms. The molecule has 0 bridgehead atoms. The number of ether oxygens (including phenoxy) is 2. The van der Waals surface area contributed by atoms with Crippen LogP contribution in [0.4, 0.5) is 10.5 Å². The molecule has 0 spiro atoms. The van der Waals surface area contributed by atoms with Crippen LogP contribution >= 0.6 is 0 Å². The minimum absolute atomic E-state index is 0.197. The first kappa shape index (κ1) is 19.4. The Morgan fingerprint density at radius 3 is 2.29 bits per heavy atom. The lowest BCUT2D eigenvalue weighted by atomic mass is 9.91. The zero-order chi connectivity index (χ0) is 18.7. The quantitative estimate of drug-likeness (QED) is 0.465. The predicted molar refractivity (Wildman–Crippen MR) is 87.1 cm³/mol. The number of amides is 1. The van der Waals surface area contributed by atoms with Gasteiger partial charge in [-0.05, 0) is 33.8 Å². The van der Waals surface area contributed by atoms with Gasteiger partial charge in [0.2, 0.25) is 0 Å². The zero-order valence-corrected chi connectivity index (χ0v) is 14.7. The van der Waals surface area contributed by atoms with Crippen LogP contribution in [-0.2, 0) is 15.1 Å². The molecule has 0 saturated heterocycles.